The Hall–Kier alpha value is -1.13. The number of hydrogen-bond acceptors (Lipinski definition) is 3. The number of fused-ring (bicyclic) bond motifs is 5. The second-order valence-corrected chi connectivity index (χ2v) is 14.6. The third-order valence-corrected chi connectivity index (χ3v) is 13.0. The summed E-state index contributed by atoms with van der Waals surface area (Å²) in [5.41, 5.74) is 2.14. The Morgan fingerprint density at radius 1 is 1.03 bits per heavy atom. The summed E-state index contributed by atoms with van der Waals surface area (Å²) in [4.78, 5) is 0.399. The molecule has 0 aromatic heterocycles. The first-order valence-electron chi connectivity index (χ1n) is 13.9. The van der Waals surface area contributed by atoms with Gasteiger partial charge in [-0.25, -0.2) is 8.42 Å². The summed E-state index contributed by atoms with van der Waals surface area (Å²) in [5, 5.41) is 9.16. The Morgan fingerprint density at radius 2 is 1.82 bits per heavy atom. The molecule has 0 bridgehead atoms. The highest BCUT2D eigenvalue weighted by Gasteiger charge is 2.55. The van der Waals surface area contributed by atoms with E-state index < -0.39 is 15.1 Å². The maximum atomic E-state index is 13.3. The smallest absolute Gasteiger partial charge is 0.181 e. The molecule has 4 heteroatoms. The van der Waals surface area contributed by atoms with E-state index in [9.17, 15) is 13.5 Å². The van der Waals surface area contributed by atoms with Gasteiger partial charge in [0, 0.05) is 6.61 Å². The minimum Gasteiger partial charge on any atom is -0.396 e. The molecule has 3 saturated carbocycles. The molecule has 3 fully saturated rings. The second kappa shape index (κ2) is 9.73. The van der Waals surface area contributed by atoms with E-state index in [1.54, 1.807) is 29.8 Å². The van der Waals surface area contributed by atoms with Crippen LogP contribution in [-0.4, -0.2) is 25.4 Å². The quantitative estimate of drug-likeness (QED) is 0.432. The highest BCUT2D eigenvalue weighted by Crippen LogP contribution is 2.64. The van der Waals surface area contributed by atoms with E-state index in [4.69, 9.17) is 0 Å². The Kier molecular flexibility index (Phi) is 7.03. The number of allylic oxidation sites excluding steroid dienone is 2. The first kappa shape index (κ1) is 24.6. The molecule has 4 aliphatic rings. The maximum Gasteiger partial charge on any atom is 0.181 e. The summed E-state index contributed by atoms with van der Waals surface area (Å²) in [5.74, 6) is 4.86. The van der Waals surface area contributed by atoms with E-state index in [0.717, 1.165) is 36.0 Å². The standard InChI is InChI=1S/C30H44O3S/c1-21-8-13-26-22(20-21)9-14-28-27(26)16-18-30(2)23(11-15-29(28)30)10-12-25(17-19-31)34(32,33)24-6-4-3-5-7-24/h3-7,9,21,23,25-29,31H,8,10-20H2,1-2H3. The molecule has 0 saturated heterocycles. The molecule has 8 unspecified atom stereocenters. The molecule has 1 N–H and O–H groups in total. The van der Waals surface area contributed by atoms with Crippen molar-refractivity contribution < 1.29 is 13.5 Å². The van der Waals surface area contributed by atoms with Gasteiger partial charge in [0.1, 0.15) is 0 Å². The SMILES string of the molecule is CC1CCC2C(=CCC3C2CCC2(C)C(CCC(CCO)S(=O)(=O)c4ccccc4)CCC32)C1. The molecule has 0 amide bonds. The van der Waals surface area contributed by atoms with Gasteiger partial charge in [-0.15, -0.1) is 0 Å². The van der Waals surface area contributed by atoms with Crippen LogP contribution in [0, 0.1) is 40.9 Å². The summed E-state index contributed by atoms with van der Waals surface area (Å²) < 4.78 is 26.6. The van der Waals surface area contributed by atoms with Crippen molar-refractivity contribution in [1.29, 1.82) is 0 Å². The number of aliphatic hydroxyl groups is 1. The molecule has 0 aliphatic heterocycles. The molecule has 188 valence electrons. The van der Waals surface area contributed by atoms with Crippen molar-refractivity contribution in [3.8, 4) is 0 Å². The normalized spacial score (nSPS) is 38.4. The zero-order chi connectivity index (χ0) is 23.9. The second-order valence-electron chi connectivity index (χ2n) is 12.3. The Morgan fingerprint density at radius 3 is 2.59 bits per heavy atom. The monoisotopic (exact) mass is 484 g/mol. The molecule has 4 aliphatic carbocycles. The van der Waals surface area contributed by atoms with Gasteiger partial charge in [0.25, 0.3) is 0 Å². The summed E-state index contributed by atoms with van der Waals surface area (Å²) >= 11 is 0. The third-order valence-electron chi connectivity index (χ3n) is 10.7. The average molecular weight is 485 g/mol. The van der Waals surface area contributed by atoms with Gasteiger partial charge in [-0.1, -0.05) is 43.7 Å². The molecule has 0 heterocycles. The Bertz CT molecular complexity index is 984. The van der Waals surface area contributed by atoms with Crippen LogP contribution in [0.1, 0.15) is 84.5 Å². The van der Waals surface area contributed by atoms with E-state index >= 15 is 0 Å². The highest BCUT2D eigenvalue weighted by molar-refractivity contribution is 7.92. The molecule has 1 aromatic rings. The van der Waals surface area contributed by atoms with Crippen LogP contribution in [0.25, 0.3) is 0 Å². The topological polar surface area (TPSA) is 54.4 Å². The predicted molar refractivity (Wildman–Crippen MR) is 138 cm³/mol. The minimum absolute atomic E-state index is 0.0697. The number of hydrogen-bond donors (Lipinski definition) is 1. The van der Waals surface area contributed by atoms with Crippen LogP contribution in [0.2, 0.25) is 0 Å². The fourth-order valence-corrected chi connectivity index (χ4v) is 10.6. The van der Waals surface area contributed by atoms with Crippen molar-refractivity contribution in [3.05, 3.63) is 42.0 Å². The molecule has 34 heavy (non-hydrogen) atoms. The van der Waals surface area contributed by atoms with Crippen LogP contribution in [0.3, 0.4) is 0 Å². The summed E-state index contributed by atoms with van der Waals surface area (Å²) in [7, 11) is -3.41. The Balaban J connectivity index is 1.29. The molecule has 3 nitrogen and oxygen atoms in total. The minimum atomic E-state index is -3.41. The number of benzene rings is 1. The lowest BCUT2D eigenvalue weighted by atomic mass is 9.51. The van der Waals surface area contributed by atoms with Crippen LogP contribution in [0.5, 0.6) is 0 Å². The molecule has 1 aromatic carbocycles. The average Bonchev–Trinajstić information content (AvgIpc) is 3.18. The van der Waals surface area contributed by atoms with E-state index in [1.807, 2.05) is 6.07 Å². The summed E-state index contributed by atoms with van der Waals surface area (Å²) in [6, 6.07) is 8.84. The van der Waals surface area contributed by atoms with Crippen molar-refractivity contribution in [2.75, 3.05) is 6.61 Å². The van der Waals surface area contributed by atoms with E-state index in [-0.39, 0.29) is 6.61 Å². The number of rotatable bonds is 7. The first-order chi connectivity index (χ1) is 16.3. The van der Waals surface area contributed by atoms with Crippen LogP contribution < -0.4 is 0 Å². The van der Waals surface area contributed by atoms with Crippen molar-refractivity contribution in [1.82, 2.24) is 0 Å². The maximum absolute atomic E-state index is 13.3. The van der Waals surface area contributed by atoms with Crippen LogP contribution in [-0.2, 0) is 9.84 Å². The fourth-order valence-electron chi connectivity index (χ4n) is 8.84. The zero-order valence-corrected chi connectivity index (χ0v) is 22.0. The van der Waals surface area contributed by atoms with Gasteiger partial charge in [0.15, 0.2) is 9.84 Å². The number of sulfone groups is 1. The lowest BCUT2D eigenvalue weighted by Crippen LogP contribution is -2.46. The van der Waals surface area contributed by atoms with E-state index in [1.165, 1.54) is 51.4 Å². The van der Waals surface area contributed by atoms with Crippen molar-refractivity contribution in [2.45, 2.75) is 94.6 Å². The molecule has 5 rings (SSSR count). The molecule has 0 spiro atoms. The van der Waals surface area contributed by atoms with Gasteiger partial charge < -0.3 is 5.11 Å². The van der Waals surface area contributed by atoms with Crippen molar-refractivity contribution in [2.24, 2.45) is 40.9 Å². The zero-order valence-electron chi connectivity index (χ0n) is 21.2. The summed E-state index contributed by atoms with van der Waals surface area (Å²) in [6.45, 7) is 4.89. The fraction of sp³-hybridized carbons (Fsp3) is 0.733. The first-order valence-corrected chi connectivity index (χ1v) is 15.5. The van der Waals surface area contributed by atoms with Gasteiger partial charge >= 0.3 is 0 Å². The predicted octanol–water partition coefficient (Wildman–Crippen LogP) is 6.82. The lowest BCUT2D eigenvalue weighted by molar-refractivity contribution is -0.0157. The van der Waals surface area contributed by atoms with Crippen LogP contribution in [0.4, 0.5) is 0 Å². The van der Waals surface area contributed by atoms with Gasteiger partial charge in [0.05, 0.1) is 10.1 Å². The van der Waals surface area contributed by atoms with Gasteiger partial charge in [0.2, 0.25) is 0 Å². The highest BCUT2D eigenvalue weighted by atomic mass is 32.2. The molecular weight excluding hydrogens is 440 g/mol. The van der Waals surface area contributed by atoms with Crippen molar-refractivity contribution in [3.63, 3.8) is 0 Å². The van der Waals surface area contributed by atoms with Crippen LogP contribution in [0.15, 0.2) is 46.9 Å². The van der Waals surface area contributed by atoms with E-state index in [0.29, 0.717) is 29.1 Å². The summed E-state index contributed by atoms with van der Waals surface area (Å²) in [6.07, 6.45) is 15.3. The molecular formula is C30H44O3S. The lowest BCUT2D eigenvalue weighted by Gasteiger charge is -2.54. The van der Waals surface area contributed by atoms with Gasteiger partial charge in [-0.2, -0.15) is 0 Å². The van der Waals surface area contributed by atoms with Crippen LogP contribution >= 0.6 is 0 Å². The number of aliphatic hydroxyl groups excluding tert-OH is 1. The Labute approximate surface area is 207 Å². The molecule has 8 atom stereocenters. The third kappa shape index (κ3) is 4.32. The van der Waals surface area contributed by atoms with Gasteiger partial charge in [-0.05, 0) is 124 Å². The van der Waals surface area contributed by atoms with Gasteiger partial charge in [-0.3, -0.25) is 0 Å². The van der Waals surface area contributed by atoms with E-state index in [2.05, 4.69) is 19.9 Å². The molecule has 0 radical (unpaired) electrons. The largest absolute Gasteiger partial charge is 0.396 e. The van der Waals surface area contributed by atoms with Crippen molar-refractivity contribution >= 4 is 9.84 Å².